The van der Waals surface area contributed by atoms with E-state index in [2.05, 4.69) is 17.0 Å². The van der Waals surface area contributed by atoms with E-state index in [-0.39, 0.29) is 5.41 Å². The molecule has 4 nitrogen and oxygen atoms in total. The van der Waals surface area contributed by atoms with Crippen LogP contribution < -0.4 is 10.0 Å². The Bertz CT molecular complexity index is 601. The average Bonchev–Trinajstić information content (AvgIpc) is 2.85. The number of benzene rings is 1. The Labute approximate surface area is 121 Å². The molecule has 0 saturated heterocycles. The predicted octanol–water partition coefficient (Wildman–Crippen LogP) is 2.51. The molecule has 20 heavy (non-hydrogen) atoms. The van der Waals surface area contributed by atoms with Gasteiger partial charge in [-0.1, -0.05) is 13.3 Å². The van der Waals surface area contributed by atoms with Gasteiger partial charge in [-0.25, -0.2) is 13.1 Å². The second-order valence-electron chi connectivity index (χ2n) is 6.03. The van der Waals surface area contributed by atoms with Crippen molar-refractivity contribution in [3.05, 3.63) is 23.8 Å². The van der Waals surface area contributed by atoms with E-state index in [1.807, 2.05) is 6.07 Å². The molecule has 1 saturated carbocycles. The molecule has 1 aliphatic carbocycles. The topological polar surface area (TPSA) is 58.2 Å². The zero-order valence-electron chi connectivity index (χ0n) is 11.9. The first-order chi connectivity index (χ1) is 9.55. The highest BCUT2D eigenvalue weighted by molar-refractivity contribution is 7.89. The molecule has 5 heteroatoms. The summed E-state index contributed by atoms with van der Waals surface area (Å²) in [5, 5.41) is 3.25. The van der Waals surface area contributed by atoms with Crippen LogP contribution in [0.1, 0.15) is 38.2 Å². The van der Waals surface area contributed by atoms with Gasteiger partial charge >= 0.3 is 0 Å². The van der Waals surface area contributed by atoms with Crippen molar-refractivity contribution in [2.24, 2.45) is 5.41 Å². The van der Waals surface area contributed by atoms with Crippen molar-refractivity contribution in [1.82, 2.24) is 4.72 Å². The molecule has 0 amide bonds. The predicted molar refractivity (Wildman–Crippen MR) is 80.4 cm³/mol. The minimum atomic E-state index is -3.38. The highest BCUT2D eigenvalue weighted by Gasteiger charge is 2.36. The Morgan fingerprint density at radius 1 is 1.35 bits per heavy atom. The molecule has 0 spiro atoms. The van der Waals surface area contributed by atoms with E-state index in [9.17, 15) is 8.42 Å². The molecule has 1 aromatic rings. The monoisotopic (exact) mass is 294 g/mol. The van der Waals surface area contributed by atoms with Gasteiger partial charge in [-0.05, 0) is 54.9 Å². The van der Waals surface area contributed by atoms with E-state index < -0.39 is 10.0 Å². The molecule has 0 atom stereocenters. The van der Waals surface area contributed by atoms with E-state index in [4.69, 9.17) is 0 Å². The van der Waals surface area contributed by atoms with Crippen LogP contribution in [0.5, 0.6) is 0 Å². The van der Waals surface area contributed by atoms with Crippen LogP contribution in [-0.2, 0) is 16.4 Å². The number of hydrogen-bond acceptors (Lipinski definition) is 3. The fourth-order valence-electron chi connectivity index (χ4n) is 3.11. The van der Waals surface area contributed by atoms with Gasteiger partial charge in [0, 0.05) is 18.8 Å². The van der Waals surface area contributed by atoms with E-state index in [0.29, 0.717) is 11.4 Å². The lowest BCUT2D eigenvalue weighted by Crippen LogP contribution is -2.41. The summed E-state index contributed by atoms with van der Waals surface area (Å²) in [6.45, 7) is 3.61. The normalized spacial score (nSPS) is 20.1. The molecule has 1 aromatic carbocycles. The van der Waals surface area contributed by atoms with Gasteiger partial charge in [0.25, 0.3) is 0 Å². The Kier molecular flexibility index (Phi) is 3.50. The smallest absolute Gasteiger partial charge is 0.240 e. The molecule has 2 aliphatic rings. The lowest BCUT2D eigenvalue weighted by atomic mass is 9.67. The Hall–Kier alpha value is -1.07. The first-order valence-corrected chi connectivity index (χ1v) is 8.89. The van der Waals surface area contributed by atoms with Gasteiger partial charge in [0.15, 0.2) is 0 Å². The highest BCUT2D eigenvalue weighted by Crippen LogP contribution is 2.43. The standard InChI is InChI=1S/C15H22N2O2S/c1-2-15(7-3-8-15)11-17-20(18,19)13-4-5-14-12(10-13)6-9-16-14/h4-5,10,16-17H,2-3,6-9,11H2,1H3. The summed E-state index contributed by atoms with van der Waals surface area (Å²) < 4.78 is 27.6. The molecule has 2 N–H and O–H groups in total. The summed E-state index contributed by atoms with van der Waals surface area (Å²) in [4.78, 5) is 0.394. The Balaban J connectivity index is 1.75. The van der Waals surface area contributed by atoms with Gasteiger partial charge in [0.2, 0.25) is 10.0 Å². The third-order valence-electron chi connectivity index (χ3n) is 4.90. The number of sulfonamides is 1. The van der Waals surface area contributed by atoms with Crippen LogP contribution in [-0.4, -0.2) is 21.5 Å². The Morgan fingerprint density at radius 3 is 2.80 bits per heavy atom. The van der Waals surface area contributed by atoms with Crippen molar-refractivity contribution in [2.75, 3.05) is 18.4 Å². The SMILES string of the molecule is CCC1(CNS(=O)(=O)c2ccc3c(c2)CCN3)CCC1. The van der Waals surface area contributed by atoms with Crippen molar-refractivity contribution in [1.29, 1.82) is 0 Å². The molecule has 0 bridgehead atoms. The van der Waals surface area contributed by atoms with Crippen molar-refractivity contribution >= 4 is 15.7 Å². The maximum Gasteiger partial charge on any atom is 0.240 e. The average molecular weight is 294 g/mol. The van der Waals surface area contributed by atoms with E-state index in [1.165, 1.54) is 6.42 Å². The minimum absolute atomic E-state index is 0.200. The number of fused-ring (bicyclic) bond motifs is 1. The largest absolute Gasteiger partial charge is 0.384 e. The molecular formula is C15H22N2O2S. The summed E-state index contributed by atoms with van der Waals surface area (Å²) in [6, 6.07) is 5.37. The minimum Gasteiger partial charge on any atom is -0.384 e. The van der Waals surface area contributed by atoms with Crippen molar-refractivity contribution in [2.45, 2.75) is 43.9 Å². The Morgan fingerprint density at radius 2 is 2.15 bits per heavy atom. The van der Waals surface area contributed by atoms with E-state index >= 15 is 0 Å². The molecule has 0 unspecified atom stereocenters. The summed E-state index contributed by atoms with van der Waals surface area (Å²) in [5.74, 6) is 0. The van der Waals surface area contributed by atoms with Crippen LogP contribution in [0.25, 0.3) is 0 Å². The number of nitrogens with one attached hydrogen (secondary N) is 2. The van der Waals surface area contributed by atoms with Crippen LogP contribution in [0.4, 0.5) is 5.69 Å². The highest BCUT2D eigenvalue weighted by atomic mass is 32.2. The molecule has 0 radical (unpaired) electrons. The molecular weight excluding hydrogens is 272 g/mol. The van der Waals surface area contributed by atoms with Crippen LogP contribution >= 0.6 is 0 Å². The number of rotatable bonds is 5. The third kappa shape index (κ3) is 2.44. The number of anilines is 1. The van der Waals surface area contributed by atoms with Gasteiger partial charge in [0.05, 0.1) is 4.90 Å². The lowest BCUT2D eigenvalue weighted by molar-refractivity contribution is 0.133. The second kappa shape index (κ2) is 5.04. The van der Waals surface area contributed by atoms with Crippen LogP contribution in [0, 0.1) is 5.41 Å². The zero-order chi connectivity index (χ0) is 14.2. The van der Waals surface area contributed by atoms with E-state index in [1.54, 1.807) is 12.1 Å². The third-order valence-corrected chi connectivity index (χ3v) is 6.30. The van der Waals surface area contributed by atoms with Crippen molar-refractivity contribution < 1.29 is 8.42 Å². The quantitative estimate of drug-likeness (QED) is 0.877. The van der Waals surface area contributed by atoms with Crippen LogP contribution in [0.3, 0.4) is 0 Å². The molecule has 110 valence electrons. The van der Waals surface area contributed by atoms with E-state index in [0.717, 1.165) is 43.5 Å². The molecule has 0 aromatic heterocycles. The fraction of sp³-hybridized carbons (Fsp3) is 0.600. The van der Waals surface area contributed by atoms with Gasteiger partial charge in [-0.3, -0.25) is 0 Å². The summed E-state index contributed by atoms with van der Waals surface area (Å²) in [6.07, 6.45) is 5.45. The first kappa shape index (κ1) is 13.9. The second-order valence-corrected chi connectivity index (χ2v) is 7.79. The van der Waals surface area contributed by atoms with Gasteiger partial charge in [-0.2, -0.15) is 0 Å². The molecule has 1 aliphatic heterocycles. The van der Waals surface area contributed by atoms with Gasteiger partial charge in [-0.15, -0.1) is 0 Å². The lowest BCUT2D eigenvalue weighted by Gasteiger charge is -2.41. The van der Waals surface area contributed by atoms with Crippen molar-refractivity contribution in [3.63, 3.8) is 0 Å². The first-order valence-electron chi connectivity index (χ1n) is 7.41. The summed E-state index contributed by atoms with van der Waals surface area (Å²) in [7, 11) is -3.38. The van der Waals surface area contributed by atoms with Crippen molar-refractivity contribution in [3.8, 4) is 0 Å². The van der Waals surface area contributed by atoms with Gasteiger partial charge in [0.1, 0.15) is 0 Å². The zero-order valence-corrected chi connectivity index (χ0v) is 12.7. The van der Waals surface area contributed by atoms with Crippen LogP contribution in [0.15, 0.2) is 23.1 Å². The summed E-state index contributed by atoms with van der Waals surface area (Å²) in [5.41, 5.74) is 2.36. The number of hydrogen-bond donors (Lipinski definition) is 2. The molecule has 1 fully saturated rings. The molecule has 3 rings (SSSR count). The van der Waals surface area contributed by atoms with Crippen LogP contribution in [0.2, 0.25) is 0 Å². The van der Waals surface area contributed by atoms with Gasteiger partial charge < -0.3 is 5.32 Å². The maximum absolute atomic E-state index is 12.4. The summed E-state index contributed by atoms with van der Waals surface area (Å²) >= 11 is 0. The fourth-order valence-corrected chi connectivity index (χ4v) is 4.32. The molecule has 1 heterocycles. The maximum atomic E-state index is 12.4.